The minimum atomic E-state index is -0.803. The number of carboxylic acid groups (broad SMARTS) is 1. The van der Waals surface area contributed by atoms with Crippen LogP contribution >= 0.6 is 15.9 Å². The maximum absolute atomic E-state index is 11.1. The van der Waals surface area contributed by atoms with Gasteiger partial charge in [0, 0.05) is 36.8 Å². The lowest BCUT2D eigenvalue weighted by Crippen LogP contribution is -2.41. The highest BCUT2D eigenvalue weighted by Crippen LogP contribution is 2.38. The topological polar surface area (TPSA) is 84.1 Å². The fourth-order valence-corrected chi connectivity index (χ4v) is 4.59. The van der Waals surface area contributed by atoms with E-state index in [4.69, 9.17) is 10.2 Å². The normalized spacial score (nSPS) is 15.6. The van der Waals surface area contributed by atoms with Gasteiger partial charge in [-0.2, -0.15) is 5.10 Å². The third-order valence-electron chi connectivity index (χ3n) is 6.31. The zero-order chi connectivity index (χ0) is 21.3. The van der Waals surface area contributed by atoms with Crippen LogP contribution in [-0.2, 0) is 6.54 Å². The first-order valence-electron chi connectivity index (χ1n) is 10.2. The van der Waals surface area contributed by atoms with Crippen molar-refractivity contribution in [3.63, 3.8) is 0 Å². The van der Waals surface area contributed by atoms with Gasteiger partial charge >= 0.3 is 6.09 Å². The maximum atomic E-state index is 11.1. The molecule has 4 rings (SSSR count). The molecule has 1 fully saturated rings. The first-order chi connectivity index (χ1) is 14.3. The minimum Gasteiger partial charge on any atom is -0.465 e. The van der Waals surface area contributed by atoms with E-state index in [0.29, 0.717) is 23.6 Å². The monoisotopic (exact) mass is 471 g/mol. The molecule has 0 atom stereocenters. The highest BCUT2D eigenvalue weighted by molar-refractivity contribution is 9.10. The summed E-state index contributed by atoms with van der Waals surface area (Å²) in [4.78, 5) is 21.3. The Hall–Kier alpha value is -2.48. The standard InChI is InChI=1S/C22H26BrN5O2/c1-22(2,17-5-8-27(9-6-17)21(29)30)7-10-28-14-16-4-3-15(11-18(16)26-28)19-12-24-13-20(23)25-19/h3-4,11-14,17H,5-10H2,1-2H3,(H,29,30). The third kappa shape index (κ3) is 4.48. The van der Waals surface area contributed by atoms with Gasteiger partial charge in [-0.05, 0) is 52.6 Å². The Morgan fingerprint density at radius 2 is 2.03 bits per heavy atom. The molecule has 0 unspecified atom stereocenters. The van der Waals surface area contributed by atoms with E-state index < -0.39 is 6.09 Å². The highest BCUT2D eigenvalue weighted by Gasteiger charge is 2.33. The van der Waals surface area contributed by atoms with Gasteiger partial charge in [0.15, 0.2) is 0 Å². The van der Waals surface area contributed by atoms with Crippen molar-refractivity contribution in [3.8, 4) is 11.3 Å². The van der Waals surface area contributed by atoms with Crippen molar-refractivity contribution >= 4 is 32.9 Å². The number of carbonyl (C=O) groups is 1. The lowest BCUT2D eigenvalue weighted by atomic mass is 9.71. The van der Waals surface area contributed by atoms with Crippen LogP contribution in [0.2, 0.25) is 0 Å². The lowest BCUT2D eigenvalue weighted by molar-refractivity contribution is 0.0813. The summed E-state index contributed by atoms with van der Waals surface area (Å²) in [5.74, 6) is 0.528. The van der Waals surface area contributed by atoms with Gasteiger partial charge in [0.25, 0.3) is 0 Å². The molecule has 1 aromatic carbocycles. The summed E-state index contributed by atoms with van der Waals surface area (Å²) < 4.78 is 2.73. The molecule has 0 saturated carbocycles. The van der Waals surface area contributed by atoms with Gasteiger partial charge in [-0.25, -0.2) is 9.78 Å². The largest absolute Gasteiger partial charge is 0.465 e. The van der Waals surface area contributed by atoms with E-state index in [1.807, 2.05) is 10.7 Å². The van der Waals surface area contributed by atoms with Crippen LogP contribution in [-0.4, -0.2) is 48.9 Å². The van der Waals surface area contributed by atoms with Crippen molar-refractivity contribution in [1.82, 2.24) is 24.6 Å². The molecule has 30 heavy (non-hydrogen) atoms. The number of rotatable bonds is 5. The number of benzene rings is 1. The average molecular weight is 472 g/mol. The second kappa shape index (κ2) is 8.34. The summed E-state index contributed by atoms with van der Waals surface area (Å²) in [6.07, 6.45) is 7.57. The van der Waals surface area contributed by atoms with E-state index in [2.05, 4.69) is 58.1 Å². The second-order valence-electron chi connectivity index (χ2n) is 8.68. The highest BCUT2D eigenvalue weighted by atomic mass is 79.9. The summed E-state index contributed by atoms with van der Waals surface area (Å²) >= 11 is 3.37. The Kier molecular flexibility index (Phi) is 5.77. The summed E-state index contributed by atoms with van der Waals surface area (Å²) in [6, 6.07) is 6.17. The molecule has 158 valence electrons. The predicted octanol–water partition coefficient (Wildman–Crippen LogP) is 5.06. The van der Waals surface area contributed by atoms with Crippen LogP contribution in [0.5, 0.6) is 0 Å². The first kappa shape index (κ1) is 20.8. The van der Waals surface area contributed by atoms with E-state index in [1.54, 1.807) is 12.4 Å². The SMILES string of the molecule is CC(C)(CCn1cc2ccc(-c3cncc(Br)n3)cc2n1)C1CCN(C(=O)O)CC1. The molecular weight excluding hydrogens is 446 g/mol. The number of piperidine rings is 1. The first-order valence-corrected chi connectivity index (χ1v) is 11.0. The quantitative estimate of drug-likeness (QED) is 0.561. The average Bonchev–Trinajstić information content (AvgIpc) is 3.15. The Morgan fingerprint density at radius 3 is 2.73 bits per heavy atom. The summed E-state index contributed by atoms with van der Waals surface area (Å²) in [5.41, 5.74) is 2.89. The van der Waals surface area contributed by atoms with Gasteiger partial charge in [-0.15, -0.1) is 0 Å². The number of likely N-dealkylation sites (tertiary alicyclic amines) is 1. The van der Waals surface area contributed by atoms with Crippen molar-refractivity contribution in [2.75, 3.05) is 13.1 Å². The number of halogens is 1. The number of nitrogens with zero attached hydrogens (tertiary/aromatic N) is 5. The minimum absolute atomic E-state index is 0.139. The number of hydrogen-bond acceptors (Lipinski definition) is 4. The smallest absolute Gasteiger partial charge is 0.407 e. The van der Waals surface area contributed by atoms with Gasteiger partial charge < -0.3 is 10.0 Å². The Labute approximate surface area is 184 Å². The van der Waals surface area contributed by atoms with Crippen molar-refractivity contribution in [1.29, 1.82) is 0 Å². The maximum Gasteiger partial charge on any atom is 0.407 e. The third-order valence-corrected chi connectivity index (χ3v) is 6.69. The summed E-state index contributed by atoms with van der Waals surface area (Å²) in [6.45, 7) is 6.70. The van der Waals surface area contributed by atoms with Crippen LogP contribution in [0.3, 0.4) is 0 Å². The van der Waals surface area contributed by atoms with Crippen LogP contribution in [0.4, 0.5) is 4.79 Å². The molecule has 3 heterocycles. The van der Waals surface area contributed by atoms with Crippen LogP contribution in [0.1, 0.15) is 33.1 Å². The number of hydrogen-bond donors (Lipinski definition) is 1. The van der Waals surface area contributed by atoms with Gasteiger partial charge in [-0.1, -0.05) is 26.0 Å². The van der Waals surface area contributed by atoms with Crippen molar-refractivity contribution in [3.05, 3.63) is 41.4 Å². The second-order valence-corrected chi connectivity index (χ2v) is 9.49. The number of amides is 1. The molecular formula is C22H26BrN5O2. The van der Waals surface area contributed by atoms with Crippen LogP contribution in [0.15, 0.2) is 41.4 Å². The van der Waals surface area contributed by atoms with E-state index in [-0.39, 0.29) is 5.41 Å². The van der Waals surface area contributed by atoms with Crippen LogP contribution < -0.4 is 0 Å². The van der Waals surface area contributed by atoms with Crippen molar-refractivity contribution < 1.29 is 9.90 Å². The van der Waals surface area contributed by atoms with Gasteiger partial charge in [0.1, 0.15) is 4.60 Å². The zero-order valence-electron chi connectivity index (χ0n) is 17.3. The Bertz CT molecular complexity index is 1060. The van der Waals surface area contributed by atoms with Crippen LogP contribution in [0.25, 0.3) is 22.2 Å². The molecule has 8 heteroatoms. The molecule has 1 aliphatic heterocycles. The predicted molar refractivity (Wildman–Crippen MR) is 119 cm³/mol. The summed E-state index contributed by atoms with van der Waals surface area (Å²) in [7, 11) is 0. The van der Waals surface area contributed by atoms with E-state index in [0.717, 1.165) is 48.0 Å². The van der Waals surface area contributed by atoms with Gasteiger partial charge in [0.2, 0.25) is 0 Å². The molecule has 0 radical (unpaired) electrons. The Balaban J connectivity index is 1.43. The van der Waals surface area contributed by atoms with Crippen LogP contribution in [0, 0.1) is 11.3 Å². The number of aromatic nitrogens is 4. The molecule has 3 aromatic rings. The fourth-order valence-electron chi connectivity index (χ4n) is 4.28. The van der Waals surface area contributed by atoms with Gasteiger partial charge in [0.05, 0.1) is 23.6 Å². The number of aryl methyl sites for hydroxylation is 1. The number of fused-ring (bicyclic) bond motifs is 1. The summed E-state index contributed by atoms with van der Waals surface area (Å²) in [5, 5.41) is 15.0. The molecule has 0 spiro atoms. The van der Waals surface area contributed by atoms with E-state index >= 15 is 0 Å². The molecule has 1 amide bonds. The molecule has 7 nitrogen and oxygen atoms in total. The van der Waals surface area contributed by atoms with Crippen molar-refractivity contribution in [2.24, 2.45) is 11.3 Å². The molecule has 0 aliphatic carbocycles. The molecule has 0 bridgehead atoms. The lowest BCUT2D eigenvalue weighted by Gasteiger charge is -2.40. The molecule has 1 N–H and O–H groups in total. The molecule has 1 saturated heterocycles. The zero-order valence-corrected chi connectivity index (χ0v) is 18.8. The van der Waals surface area contributed by atoms with E-state index in [1.165, 1.54) is 4.90 Å². The van der Waals surface area contributed by atoms with Gasteiger partial charge in [-0.3, -0.25) is 9.67 Å². The molecule has 1 aliphatic rings. The van der Waals surface area contributed by atoms with E-state index in [9.17, 15) is 4.79 Å². The fraction of sp³-hybridized carbons (Fsp3) is 0.455. The Morgan fingerprint density at radius 1 is 1.27 bits per heavy atom. The molecule has 2 aromatic heterocycles. The van der Waals surface area contributed by atoms with Crippen molar-refractivity contribution in [2.45, 2.75) is 39.7 Å².